The molecule has 0 amide bonds. The number of halogens is 1. The van der Waals surface area contributed by atoms with Crippen molar-refractivity contribution in [3.63, 3.8) is 0 Å². The smallest absolute Gasteiger partial charge is 0.119 e. The van der Waals surface area contributed by atoms with Crippen LogP contribution in [0.3, 0.4) is 0 Å². The maximum Gasteiger partial charge on any atom is 0.119 e. The van der Waals surface area contributed by atoms with Gasteiger partial charge in [-0.3, -0.25) is 0 Å². The van der Waals surface area contributed by atoms with E-state index in [4.69, 9.17) is 16.3 Å². The van der Waals surface area contributed by atoms with Crippen LogP contribution in [0, 0.1) is 0 Å². The van der Waals surface area contributed by atoms with Crippen LogP contribution in [0.2, 0.25) is 5.02 Å². The third-order valence-electron chi connectivity index (χ3n) is 3.26. The Morgan fingerprint density at radius 1 is 0.905 bits per heavy atom. The van der Waals surface area contributed by atoms with Crippen LogP contribution >= 0.6 is 11.6 Å². The molecule has 0 heterocycles. The third-order valence-corrected chi connectivity index (χ3v) is 3.51. The molecule has 2 rings (SSSR count). The van der Waals surface area contributed by atoms with Crippen LogP contribution < -0.4 is 10.1 Å². The maximum atomic E-state index is 5.85. The van der Waals surface area contributed by atoms with Crippen molar-refractivity contribution < 1.29 is 4.74 Å². The number of ether oxygens (including phenoxy) is 1. The molecule has 0 aromatic heterocycles. The van der Waals surface area contributed by atoms with Gasteiger partial charge in [0.2, 0.25) is 0 Å². The highest BCUT2D eigenvalue weighted by Gasteiger charge is 1.98. The van der Waals surface area contributed by atoms with Crippen molar-refractivity contribution in [1.82, 2.24) is 5.32 Å². The van der Waals surface area contributed by atoms with Crippen LogP contribution in [-0.2, 0) is 13.0 Å². The summed E-state index contributed by atoms with van der Waals surface area (Å²) in [7, 11) is 0. The van der Waals surface area contributed by atoms with Crippen molar-refractivity contribution in [2.45, 2.75) is 26.4 Å². The summed E-state index contributed by atoms with van der Waals surface area (Å²) in [6.07, 6.45) is 2.25. The fourth-order valence-corrected chi connectivity index (χ4v) is 2.16. The third kappa shape index (κ3) is 5.78. The van der Waals surface area contributed by atoms with E-state index in [-0.39, 0.29) is 0 Å². The van der Waals surface area contributed by atoms with Gasteiger partial charge in [-0.25, -0.2) is 0 Å². The van der Waals surface area contributed by atoms with E-state index in [9.17, 15) is 0 Å². The second kappa shape index (κ2) is 8.71. The van der Waals surface area contributed by atoms with Crippen molar-refractivity contribution >= 4 is 11.6 Å². The minimum atomic E-state index is 0.579. The first-order chi connectivity index (χ1) is 10.3. The normalized spacial score (nSPS) is 10.6. The Balaban J connectivity index is 1.78. The zero-order valence-corrected chi connectivity index (χ0v) is 13.2. The van der Waals surface area contributed by atoms with Crippen LogP contribution in [0.4, 0.5) is 0 Å². The summed E-state index contributed by atoms with van der Waals surface area (Å²) in [5.41, 5.74) is 2.53. The van der Waals surface area contributed by atoms with Crippen molar-refractivity contribution in [2.24, 2.45) is 0 Å². The van der Waals surface area contributed by atoms with Gasteiger partial charge in [-0.1, -0.05) is 42.8 Å². The minimum absolute atomic E-state index is 0.579. The molecule has 1 N–H and O–H groups in total. The number of nitrogens with one attached hydrogen (secondary N) is 1. The van der Waals surface area contributed by atoms with Gasteiger partial charge in [-0.15, -0.1) is 0 Å². The van der Waals surface area contributed by atoms with Gasteiger partial charge in [0.1, 0.15) is 12.4 Å². The quantitative estimate of drug-likeness (QED) is 0.727. The zero-order valence-electron chi connectivity index (χ0n) is 12.4. The highest BCUT2D eigenvalue weighted by Crippen LogP contribution is 2.17. The number of benzene rings is 2. The van der Waals surface area contributed by atoms with E-state index in [2.05, 4.69) is 36.5 Å². The molecule has 0 radical (unpaired) electrons. The molecule has 0 saturated carbocycles. The summed E-state index contributed by atoms with van der Waals surface area (Å²) in [5, 5.41) is 4.14. The van der Waals surface area contributed by atoms with Gasteiger partial charge in [0.25, 0.3) is 0 Å². The molecule has 0 fully saturated rings. The molecule has 0 spiro atoms. The molecule has 2 aromatic rings. The lowest BCUT2D eigenvalue weighted by molar-refractivity contribution is 0.306. The standard InChI is InChI=1S/C18H22ClNO/c1-2-12-20-13-11-15-3-5-16(6-4-15)14-21-18-9-7-17(19)8-10-18/h3-10,20H,2,11-14H2,1H3. The second-order valence-corrected chi connectivity index (χ2v) is 5.50. The molecular formula is C18H22ClNO. The Hall–Kier alpha value is -1.51. The first kappa shape index (κ1) is 15.9. The lowest BCUT2D eigenvalue weighted by atomic mass is 10.1. The molecule has 21 heavy (non-hydrogen) atoms. The van der Waals surface area contributed by atoms with E-state index in [1.54, 1.807) is 0 Å². The van der Waals surface area contributed by atoms with Gasteiger partial charge in [-0.05, 0) is 61.3 Å². The molecule has 0 atom stereocenters. The SMILES string of the molecule is CCCNCCc1ccc(COc2ccc(Cl)cc2)cc1. The number of hydrogen-bond donors (Lipinski definition) is 1. The molecule has 112 valence electrons. The van der Waals surface area contributed by atoms with E-state index < -0.39 is 0 Å². The van der Waals surface area contributed by atoms with Gasteiger partial charge in [-0.2, -0.15) is 0 Å². The molecule has 3 heteroatoms. The summed E-state index contributed by atoms with van der Waals surface area (Å²) >= 11 is 5.85. The summed E-state index contributed by atoms with van der Waals surface area (Å²) in [5.74, 6) is 0.840. The van der Waals surface area contributed by atoms with Crippen LogP contribution in [-0.4, -0.2) is 13.1 Å². The fourth-order valence-electron chi connectivity index (χ4n) is 2.03. The zero-order chi connectivity index (χ0) is 14.9. The molecule has 2 aromatic carbocycles. The average Bonchev–Trinajstić information content (AvgIpc) is 2.52. The predicted molar refractivity (Wildman–Crippen MR) is 89.1 cm³/mol. The van der Waals surface area contributed by atoms with Crippen LogP contribution in [0.25, 0.3) is 0 Å². The molecular weight excluding hydrogens is 282 g/mol. The highest BCUT2D eigenvalue weighted by atomic mass is 35.5. The van der Waals surface area contributed by atoms with E-state index >= 15 is 0 Å². The van der Waals surface area contributed by atoms with E-state index in [1.165, 1.54) is 17.5 Å². The van der Waals surface area contributed by atoms with Gasteiger partial charge >= 0.3 is 0 Å². The van der Waals surface area contributed by atoms with Crippen molar-refractivity contribution in [3.8, 4) is 5.75 Å². The van der Waals surface area contributed by atoms with Crippen molar-refractivity contribution in [2.75, 3.05) is 13.1 Å². The van der Waals surface area contributed by atoms with Gasteiger partial charge < -0.3 is 10.1 Å². The van der Waals surface area contributed by atoms with E-state index in [0.717, 1.165) is 30.3 Å². The molecule has 0 saturated heterocycles. The Labute approximate surface area is 132 Å². The molecule has 2 nitrogen and oxygen atoms in total. The minimum Gasteiger partial charge on any atom is -0.489 e. The van der Waals surface area contributed by atoms with Crippen molar-refractivity contribution in [1.29, 1.82) is 0 Å². The lowest BCUT2D eigenvalue weighted by Gasteiger charge is -2.08. The summed E-state index contributed by atoms with van der Waals surface area (Å²) in [6, 6.07) is 16.1. The Morgan fingerprint density at radius 2 is 1.57 bits per heavy atom. The number of rotatable bonds is 8. The Morgan fingerprint density at radius 3 is 2.24 bits per heavy atom. The summed E-state index contributed by atoms with van der Waals surface area (Å²) < 4.78 is 5.73. The fraction of sp³-hybridized carbons (Fsp3) is 0.333. The molecule has 0 aliphatic heterocycles. The average molecular weight is 304 g/mol. The van der Waals surface area contributed by atoms with E-state index in [1.807, 2.05) is 24.3 Å². The monoisotopic (exact) mass is 303 g/mol. The van der Waals surface area contributed by atoms with Crippen LogP contribution in [0.5, 0.6) is 5.75 Å². The largest absolute Gasteiger partial charge is 0.489 e. The van der Waals surface area contributed by atoms with Gasteiger partial charge in [0.05, 0.1) is 0 Å². The Kier molecular flexibility index (Phi) is 6.58. The molecule has 0 aliphatic carbocycles. The first-order valence-electron chi connectivity index (χ1n) is 7.45. The first-order valence-corrected chi connectivity index (χ1v) is 7.82. The summed E-state index contributed by atoms with van der Waals surface area (Å²) in [4.78, 5) is 0. The second-order valence-electron chi connectivity index (χ2n) is 5.06. The molecule has 0 bridgehead atoms. The predicted octanol–water partition coefficient (Wildman–Crippen LogP) is 4.46. The molecule has 0 aliphatic rings. The van der Waals surface area contributed by atoms with Crippen molar-refractivity contribution in [3.05, 3.63) is 64.7 Å². The Bertz CT molecular complexity index is 522. The topological polar surface area (TPSA) is 21.3 Å². The lowest BCUT2D eigenvalue weighted by Crippen LogP contribution is -2.17. The molecule has 0 unspecified atom stereocenters. The van der Waals surface area contributed by atoms with E-state index in [0.29, 0.717) is 6.61 Å². The van der Waals surface area contributed by atoms with Gasteiger partial charge in [0.15, 0.2) is 0 Å². The summed E-state index contributed by atoms with van der Waals surface area (Å²) in [6.45, 7) is 4.89. The maximum absolute atomic E-state index is 5.85. The van der Waals surface area contributed by atoms with Crippen LogP contribution in [0.15, 0.2) is 48.5 Å². The highest BCUT2D eigenvalue weighted by molar-refractivity contribution is 6.30. The number of hydrogen-bond acceptors (Lipinski definition) is 2. The van der Waals surface area contributed by atoms with Gasteiger partial charge in [0, 0.05) is 5.02 Å². The van der Waals surface area contributed by atoms with Crippen LogP contribution in [0.1, 0.15) is 24.5 Å².